The van der Waals surface area contributed by atoms with Crippen molar-refractivity contribution >= 4 is 29.5 Å². The van der Waals surface area contributed by atoms with Gasteiger partial charge >= 0.3 is 0 Å². The summed E-state index contributed by atoms with van der Waals surface area (Å²) in [6.45, 7) is 15.4. The SMILES string of the molecule is C.CCC[C@H](NC(=O)[C@@H](NC(=O)c1ccncc1)[C@@H](C)CC)C(=O)N[C@@H](CC(C)C)[C@@H](O)CC(=O)N[C@H](C(=O)NCC)C(C)C. The number of nitrogens with one attached hydrogen (secondary N) is 5. The topological polar surface area (TPSA) is 179 Å². The average Bonchev–Trinajstić information content (AvgIpc) is 2.97. The van der Waals surface area contributed by atoms with Crippen molar-refractivity contribution in [2.75, 3.05) is 6.54 Å². The maximum Gasteiger partial charge on any atom is 0.252 e. The molecule has 0 spiro atoms. The van der Waals surface area contributed by atoms with Crippen molar-refractivity contribution in [3.8, 4) is 0 Å². The molecule has 256 valence electrons. The molecule has 0 saturated carbocycles. The van der Waals surface area contributed by atoms with Crippen LogP contribution in [-0.4, -0.2) is 76.4 Å². The van der Waals surface area contributed by atoms with Crippen LogP contribution in [0.5, 0.6) is 0 Å². The van der Waals surface area contributed by atoms with E-state index in [9.17, 15) is 29.1 Å². The van der Waals surface area contributed by atoms with Gasteiger partial charge in [-0.25, -0.2) is 0 Å². The van der Waals surface area contributed by atoms with Crippen molar-refractivity contribution in [1.82, 2.24) is 31.6 Å². The molecule has 0 aromatic carbocycles. The second-order valence-corrected chi connectivity index (χ2v) is 12.1. The molecule has 0 aliphatic carbocycles. The fraction of sp³-hybridized carbons (Fsp3) is 0.697. The Morgan fingerprint density at radius 3 is 1.96 bits per heavy atom. The monoisotopic (exact) mass is 634 g/mol. The minimum Gasteiger partial charge on any atom is -0.390 e. The van der Waals surface area contributed by atoms with Crippen LogP contribution in [0, 0.1) is 17.8 Å². The van der Waals surface area contributed by atoms with Crippen molar-refractivity contribution in [2.24, 2.45) is 17.8 Å². The van der Waals surface area contributed by atoms with Gasteiger partial charge in [-0.1, -0.05) is 68.7 Å². The molecular formula is C33H58N6O6. The van der Waals surface area contributed by atoms with Crippen molar-refractivity contribution in [3.05, 3.63) is 30.1 Å². The largest absolute Gasteiger partial charge is 0.390 e. The van der Waals surface area contributed by atoms with E-state index in [-0.39, 0.29) is 37.5 Å². The van der Waals surface area contributed by atoms with E-state index in [4.69, 9.17) is 0 Å². The molecule has 0 aliphatic rings. The molecule has 0 bridgehead atoms. The van der Waals surface area contributed by atoms with E-state index < -0.39 is 53.9 Å². The molecule has 12 nitrogen and oxygen atoms in total. The molecule has 6 atom stereocenters. The van der Waals surface area contributed by atoms with Crippen molar-refractivity contribution in [2.45, 2.75) is 125 Å². The number of carbonyl (C=O) groups excluding carboxylic acids is 5. The van der Waals surface area contributed by atoms with Gasteiger partial charge in [0.2, 0.25) is 23.6 Å². The molecule has 0 radical (unpaired) electrons. The fourth-order valence-corrected chi connectivity index (χ4v) is 4.74. The van der Waals surface area contributed by atoms with E-state index in [1.807, 2.05) is 48.5 Å². The molecule has 1 heterocycles. The first-order chi connectivity index (χ1) is 20.7. The standard InChI is InChI=1S/C32H54N6O6.CH4/c1-9-12-23(35-32(44)28(21(8)10-2)38-29(41)22-13-15-33-16-14-22)30(42)36-24(17-19(4)5)25(39)18-26(40)37-27(20(6)7)31(43)34-11-3;/h13-16,19-21,23-25,27-28,39H,9-12,17-18H2,1-8H3,(H,34,43)(H,35,44)(H,36,42)(H,37,40)(H,38,41);1H4/t21-,23-,24-,25-,27-,28-;/m0./s1. The number of aliphatic hydroxyl groups excluding tert-OH is 1. The Kier molecular flexibility index (Phi) is 19.6. The summed E-state index contributed by atoms with van der Waals surface area (Å²) in [6.07, 6.45) is 3.36. The molecule has 6 N–H and O–H groups in total. The predicted octanol–water partition coefficient (Wildman–Crippen LogP) is 2.71. The van der Waals surface area contributed by atoms with Gasteiger partial charge in [0.1, 0.15) is 18.1 Å². The molecule has 5 amide bonds. The number of likely N-dealkylation sites (N-methyl/N-ethyl adjacent to an activating group) is 1. The van der Waals surface area contributed by atoms with Crippen LogP contribution in [0.1, 0.15) is 105 Å². The number of rotatable bonds is 19. The lowest BCUT2D eigenvalue weighted by Crippen LogP contribution is -2.58. The highest BCUT2D eigenvalue weighted by Crippen LogP contribution is 2.14. The van der Waals surface area contributed by atoms with E-state index in [1.165, 1.54) is 12.4 Å². The number of pyridine rings is 1. The lowest BCUT2D eigenvalue weighted by atomic mass is 9.95. The minimum atomic E-state index is -1.23. The summed E-state index contributed by atoms with van der Waals surface area (Å²) in [5.74, 6) is -2.51. The van der Waals surface area contributed by atoms with Crippen LogP contribution in [0.3, 0.4) is 0 Å². The second kappa shape index (κ2) is 21.2. The highest BCUT2D eigenvalue weighted by molar-refractivity contribution is 5.98. The maximum absolute atomic E-state index is 13.5. The smallest absolute Gasteiger partial charge is 0.252 e. The van der Waals surface area contributed by atoms with Gasteiger partial charge in [-0.2, -0.15) is 0 Å². The summed E-state index contributed by atoms with van der Waals surface area (Å²) >= 11 is 0. The Morgan fingerprint density at radius 1 is 0.822 bits per heavy atom. The number of nitrogens with zero attached hydrogens (tertiary/aromatic N) is 1. The van der Waals surface area contributed by atoms with Crippen molar-refractivity contribution in [1.29, 1.82) is 0 Å². The number of hydrogen-bond acceptors (Lipinski definition) is 7. The third kappa shape index (κ3) is 14.4. The van der Waals surface area contributed by atoms with Gasteiger partial charge in [0.05, 0.1) is 18.6 Å². The Morgan fingerprint density at radius 2 is 1.44 bits per heavy atom. The zero-order valence-electron chi connectivity index (χ0n) is 27.6. The molecule has 1 rings (SSSR count). The molecule has 1 aromatic rings. The van der Waals surface area contributed by atoms with Crippen LogP contribution in [0.4, 0.5) is 0 Å². The molecule has 12 heteroatoms. The molecule has 0 aliphatic heterocycles. The number of aliphatic hydroxyl groups is 1. The zero-order chi connectivity index (χ0) is 33.4. The van der Waals surface area contributed by atoms with Gasteiger partial charge < -0.3 is 31.7 Å². The van der Waals surface area contributed by atoms with E-state index >= 15 is 0 Å². The van der Waals surface area contributed by atoms with Crippen LogP contribution in [0.2, 0.25) is 0 Å². The number of hydrogen-bond donors (Lipinski definition) is 6. The Hall–Kier alpha value is -3.54. The van der Waals surface area contributed by atoms with Crippen molar-refractivity contribution in [3.63, 3.8) is 0 Å². The highest BCUT2D eigenvalue weighted by Gasteiger charge is 2.33. The van der Waals surface area contributed by atoms with Crippen LogP contribution in [-0.2, 0) is 19.2 Å². The van der Waals surface area contributed by atoms with Gasteiger partial charge in [0.15, 0.2) is 0 Å². The van der Waals surface area contributed by atoms with Gasteiger partial charge in [-0.05, 0) is 49.7 Å². The molecule has 0 fully saturated rings. The first kappa shape index (κ1) is 41.5. The Bertz CT molecular complexity index is 1070. The molecule has 0 saturated heterocycles. The summed E-state index contributed by atoms with van der Waals surface area (Å²) in [6, 6.07) is -0.226. The van der Waals surface area contributed by atoms with Gasteiger partial charge in [-0.3, -0.25) is 29.0 Å². The summed E-state index contributed by atoms with van der Waals surface area (Å²) in [5.41, 5.74) is 0.365. The van der Waals surface area contributed by atoms with Crippen molar-refractivity contribution < 1.29 is 29.1 Å². The molecule has 1 aromatic heterocycles. The van der Waals surface area contributed by atoms with Gasteiger partial charge in [0, 0.05) is 24.5 Å². The summed E-state index contributed by atoms with van der Waals surface area (Å²) < 4.78 is 0. The minimum absolute atomic E-state index is 0. The molecule has 45 heavy (non-hydrogen) atoms. The quantitative estimate of drug-likeness (QED) is 0.135. The summed E-state index contributed by atoms with van der Waals surface area (Å²) in [7, 11) is 0. The Labute approximate surface area is 269 Å². The van der Waals surface area contributed by atoms with Crippen LogP contribution >= 0.6 is 0 Å². The molecular weight excluding hydrogens is 576 g/mol. The fourth-order valence-electron chi connectivity index (χ4n) is 4.74. The van der Waals surface area contributed by atoms with Gasteiger partial charge in [-0.15, -0.1) is 0 Å². The lowest BCUT2D eigenvalue weighted by molar-refractivity contribution is -0.133. The maximum atomic E-state index is 13.5. The Balaban J connectivity index is 0.0000194. The summed E-state index contributed by atoms with van der Waals surface area (Å²) in [4.78, 5) is 68.9. The van der Waals surface area contributed by atoms with E-state index in [0.29, 0.717) is 37.8 Å². The third-order valence-corrected chi connectivity index (χ3v) is 7.46. The van der Waals surface area contributed by atoms with Crippen LogP contribution in [0.25, 0.3) is 0 Å². The lowest BCUT2D eigenvalue weighted by Gasteiger charge is -2.30. The number of carbonyl (C=O) groups is 5. The normalized spacial score (nSPS) is 15.0. The first-order valence-electron chi connectivity index (χ1n) is 15.8. The number of aromatic nitrogens is 1. The number of amides is 5. The highest BCUT2D eigenvalue weighted by atomic mass is 16.3. The van der Waals surface area contributed by atoms with Crippen LogP contribution in [0.15, 0.2) is 24.5 Å². The van der Waals surface area contributed by atoms with Crippen LogP contribution < -0.4 is 26.6 Å². The zero-order valence-corrected chi connectivity index (χ0v) is 27.6. The summed E-state index contributed by atoms with van der Waals surface area (Å²) in [5, 5.41) is 24.9. The molecule has 0 unspecified atom stereocenters. The van der Waals surface area contributed by atoms with E-state index in [0.717, 1.165) is 0 Å². The van der Waals surface area contributed by atoms with Gasteiger partial charge in [0.25, 0.3) is 5.91 Å². The van der Waals surface area contributed by atoms with E-state index in [1.54, 1.807) is 19.1 Å². The predicted molar refractivity (Wildman–Crippen MR) is 176 cm³/mol. The average molecular weight is 635 g/mol. The second-order valence-electron chi connectivity index (χ2n) is 12.1. The van der Waals surface area contributed by atoms with E-state index in [2.05, 4.69) is 31.6 Å². The first-order valence-corrected chi connectivity index (χ1v) is 15.8. The third-order valence-electron chi connectivity index (χ3n) is 7.46.